The SMILES string of the molecule is CCOc1ccc(-c2ccc(N)nc2)cc1. The van der Waals surface area contributed by atoms with Gasteiger partial charge in [-0.2, -0.15) is 0 Å². The first-order valence-corrected chi connectivity index (χ1v) is 5.24. The monoisotopic (exact) mass is 214 g/mol. The van der Waals surface area contributed by atoms with Crippen LogP contribution in [0.15, 0.2) is 42.6 Å². The Morgan fingerprint density at radius 2 is 1.75 bits per heavy atom. The molecule has 0 aliphatic heterocycles. The molecule has 2 aromatic rings. The van der Waals surface area contributed by atoms with E-state index < -0.39 is 0 Å². The highest BCUT2D eigenvalue weighted by molar-refractivity contribution is 5.64. The maximum absolute atomic E-state index is 5.54. The molecule has 0 fully saturated rings. The number of nitrogens with two attached hydrogens (primary N) is 1. The van der Waals surface area contributed by atoms with E-state index in [0.29, 0.717) is 12.4 Å². The normalized spacial score (nSPS) is 10.1. The maximum Gasteiger partial charge on any atom is 0.123 e. The van der Waals surface area contributed by atoms with Crippen molar-refractivity contribution in [3.8, 4) is 16.9 Å². The standard InChI is InChI=1S/C13H14N2O/c1-2-16-12-6-3-10(4-7-12)11-5-8-13(14)15-9-11/h3-9H,2H2,1H3,(H2,14,15). The molecule has 3 nitrogen and oxygen atoms in total. The second-order valence-corrected chi connectivity index (χ2v) is 3.43. The quantitative estimate of drug-likeness (QED) is 0.854. The number of nitrogens with zero attached hydrogens (tertiary/aromatic N) is 1. The minimum atomic E-state index is 0.537. The molecular formula is C13H14N2O. The number of anilines is 1. The van der Waals surface area contributed by atoms with Crippen LogP contribution >= 0.6 is 0 Å². The van der Waals surface area contributed by atoms with Crippen LogP contribution < -0.4 is 10.5 Å². The Balaban J connectivity index is 2.24. The van der Waals surface area contributed by atoms with Crippen LogP contribution in [0.4, 0.5) is 5.82 Å². The highest BCUT2D eigenvalue weighted by atomic mass is 16.5. The fourth-order valence-electron chi connectivity index (χ4n) is 1.49. The second kappa shape index (κ2) is 4.66. The van der Waals surface area contributed by atoms with E-state index >= 15 is 0 Å². The Morgan fingerprint density at radius 3 is 2.31 bits per heavy atom. The van der Waals surface area contributed by atoms with Gasteiger partial charge in [0.25, 0.3) is 0 Å². The van der Waals surface area contributed by atoms with Crippen molar-refractivity contribution in [3.05, 3.63) is 42.6 Å². The molecule has 16 heavy (non-hydrogen) atoms. The van der Waals surface area contributed by atoms with Gasteiger partial charge in [-0.05, 0) is 36.8 Å². The Bertz CT molecular complexity index is 448. The molecule has 1 aromatic heterocycles. The molecule has 0 saturated heterocycles. The largest absolute Gasteiger partial charge is 0.494 e. The average molecular weight is 214 g/mol. The summed E-state index contributed by atoms with van der Waals surface area (Å²) in [7, 11) is 0. The number of hydrogen-bond donors (Lipinski definition) is 1. The fourth-order valence-corrected chi connectivity index (χ4v) is 1.49. The molecule has 0 radical (unpaired) electrons. The van der Waals surface area contributed by atoms with Crippen molar-refractivity contribution in [2.75, 3.05) is 12.3 Å². The molecule has 0 aliphatic rings. The van der Waals surface area contributed by atoms with Gasteiger partial charge in [-0.25, -0.2) is 4.98 Å². The fraction of sp³-hybridized carbons (Fsp3) is 0.154. The van der Waals surface area contributed by atoms with Crippen molar-refractivity contribution in [1.29, 1.82) is 0 Å². The molecule has 0 spiro atoms. The van der Waals surface area contributed by atoms with E-state index in [-0.39, 0.29) is 0 Å². The van der Waals surface area contributed by atoms with Gasteiger partial charge in [-0.3, -0.25) is 0 Å². The highest BCUT2D eigenvalue weighted by Crippen LogP contribution is 2.22. The minimum Gasteiger partial charge on any atom is -0.494 e. The van der Waals surface area contributed by atoms with E-state index in [9.17, 15) is 0 Å². The molecule has 3 heteroatoms. The number of rotatable bonds is 3. The molecule has 0 unspecified atom stereocenters. The van der Waals surface area contributed by atoms with E-state index in [4.69, 9.17) is 10.5 Å². The van der Waals surface area contributed by atoms with E-state index in [0.717, 1.165) is 16.9 Å². The summed E-state index contributed by atoms with van der Waals surface area (Å²) >= 11 is 0. The van der Waals surface area contributed by atoms with E-state index in [1.807, 2.05) is 37.3 Å². The molecule has 1 heterocycles. The summed E-state index contributed by atoms with van der Waals surface area (Å²) in [6, 6.07) is 11.7. The van der Waals surface area contributed by atoms with Crippen LogP contribution in [0.2, 0.25) is 0 Å². The molecule has 2 rings (SSSR count). The lowest BCUT2D eigenvalue weighted by molar-refractivity contribution is 0.340. The summed E-state index contributed by atoms with van der Waals surface area (Å²) in [5.41, 5.74) is 7.70. The van der Waals surface area contributed by atoms with Crippen molar-refractivity contribution >= 4 is 5.82 Å². The molecule has 0 bridgehead atoms. The van der Waals surface area contributed by atoms with Crippen LogP contribution in [-0.2, 0) is 0 Å². The predicted molar refractivity (Wildman–Crippen MR) is 65.3 cm³/mol. The lowest BCUT2D eigenvalue weighted by Gasteiger charge is -2.05. The summed E-state index contributed by atoms with van der Waals surface area (Å²) in [6.07, 6.45) is 1.77. The molecule has 82 valence electrons. The van der Waals surface area contributed by atoms with Crippen LogP contribution in [0.3, 0.4) is 0 Å². The van der Waals surface area contributed by atoms with Crippen LogP contribution in [0, 0.1) is 0 Å². The molecule has 0 amide bonds. The summed E-state index contributed by atoms with van der Waals surface area (Å²) in [6.45, 7) is 2.65. The predicted octanol–water partition coefficient (Wildman–Crippen LogP) is 2.73. The first-order valence-electron chi connectivity index (χ1n) is 5.24. The zero-order chi connectivity index (χ0) is 11.4. The zero-order valence-electron chi connectivity index (χ0n) is 9.18. The molecule has 1 aromatic carbocycles. The number of ether oxygens (including phenoxy) is 1. The second-order valence-electron chi connectivity index (χ2n) is 3.43. The number of benzene rings is 1. The van der Waals surface area contributed by atoms with Crippen molar-refractivity contribution in [2.24, 2.45) is 0 Å². The van der Waals surface area contributed by atoms with Gasteiger partial charge in [0.1, 0.15) is 11.6 Å². The summed E-state index contributed by atoms with van der Waals surface area (Å²) in [4.78, 5) is 4.06. The van der Waals surface area contributed by atoms with Crippen molar-refractivity contribution in [1.82, 2.24) is 4.98 Å². The lowest BCUT2D eigenvalue weighted by atomic mass is 10.1. The molecule has 2 N–H and O–H groups in total. The Kier molecular flexibility index (Phi) is 3.05. The van der Waals surface area contributed by atoms with Gasteiger partial charge in [0.15, 0.2) is 0 Å². The van der Waals surface area contributed by atoms with Gasteiger partial charge in [0.2, 0.25) is 0 Å². The Labute approximate surface area is 94.9 Å². The maximum atomic E-state index is 5.54. The van der Waals surface area contributed by atoms with Crippen LogP contribution in [-0.4, -0.2) is 11.6 Å². The Hall–Kier alpha value is -2.03. The number of pyridine rings is 1. The van der Waals surface area contributed by atoms with Crippen molar-refractivity contribution in [3.63, 3.8) is 0 Å². The summed E-state index contributed by atoms with van der Waals surface area (Å²) in [5.74, 6) is 1.42. The van der Waals surface area contributed by atoms with Gasteiger partial charge >= 0.3 is 0 Å². The zero-order valence-corrected chi connectivity index (χ0v) is 9.18. The summed E-state index contributed by atoms with van der Waals surface area (Å²) < 4.78 is 5.38. The van der Waals surface area contributed by atoms with E-state index in [2.05, 4.69) is 4.98 Å². The third-order valence-corrected chi connectivity index (χ3v) is 2.29. The third-order valence-electron chi connectivity index (χ3n) is 2.29. The van der Waals surface area contributed by atoms with Crippen molar-refractivity contribution < 1.29 is 4.74 Å². The number of aromatic nitrogens is 1. The van der Waals surface area contributed by atoms with Crippen molar-refractivity contribution in [2.45, 2.75) is 6.92 Å². The lowest BCUT2D eigenvalue weighted by Crippen LogP contribution is -1.91. The van der Waals surface area contributed by atoms with Gasteiger partial charge in [-0.1, -0.05) is 12.1 Å². The first kappa shape index (κ1) is 10.5. The average Bonchev–Trinajstić information content (AvgIpc) is 2.32. The van der Waals surface area contributed by atoms with Gasteiger partial charge in [-0.15, -0.1) is 0 Å². The van der Waals surface area contributed by atoms with Gasteiger partial charge < -0.3 is 10.5 Å². The van der Waals surface area contributed by atoms with Crippen LogP contribution in [0.5, 0.6) is 5.75 Å². The van der Waals surface area contributed by atoms with Crippen LogP contribution in [0.1, 0.15) is 6.92 Å². The topological polar surface area (TPSA) is 48.1 Å². The molecule has 0 aliphatic carbocycles. The first-order chi connectivity index (χ1) is 7.79. The highest BCUT2D eigenvalue weighted by Gasteiger charge is 1.98. The van der Waals surface area contributed by atoms with E-state index in [1.54, 1.807) is 12.3 Å². The number of hydrogen-bond acceptors (Lipinski definition) is 3. The molecule has 0 atom stereocenters. The smallest absolute Gasteiger partial charge is 0.123 e. The number of nitrogen functional groups attached to an aromatic ring is 1. The van der Waals surface area contributed by atoms with E-state index in [1.165, 1.54) is 0 Å². The summed E-state index contributed by atoms with van der Waals surface area (Å²) in [5, 5.41) is 0. The molecule has 0 saturated carbocycles. The minimum absolute atomic E-state index is 0.537. The third kappa shape index (κ3) is 2.31. The van der Waals surface area contributed by atoms with Crippen LogP contribution in [0.25, 0.3) is 11.1 Å². The molecular weight excluding hydrogens is 200 g/mol. The van der Waals surface area contributed by atoms with Gasteiger partial charge in [0, 0.05) is 11.8 Å². The Morgan fingerprint density at radius 1 is 1.06 bits per heavy atom. The van der Waals surface area contributed by atoms with Gasteiger partial charge in [0.05, 0.1) is 6.61 Å².